The highest BCUT2D eigenvalue weighted by molar-refractivity contribution is 6.01. The molecule has 41 heavy (non-hydrogen) atoms. The number of ether oxygens (including phenoxy) is 3. The average molecular weight is 558 g/mol. The summed E-state index contributed by atoms with van der Waals surface area (Å²) in [7, 11) is 4.71. The van der Waals surface area contributed by atoms with Crippen LogP contribution in [0.2, 0.25) is 0 Å². The van der Waals surface area contributed by atoms with E-state index < -0.39 is 12.0 Å². The van der Waals surface area contributed by atoms with E-state index in [4.69, 9.17) is 14.2 Å². The van der Waals surface area contributed by atoms with Crippen LogP contribution in [0.4, 0.5) is 0 Å². The fourth-order valence-corrected chi connectivity index (χ4v) is 6.15. The highest BCUT2D eigenvalue weighted by atomic mass is 16.5. The Balaban J connectivity index is 1.52. The van der Waals surface area contributed by atoms with Crippen molar-refractivity contribution in [3.05, 3.63) is 89.0 Å². The molecule has 8 heteroatoms. The fraction of sp³-hybridized carbons (Fsp3) is 0.394. The zero-order valence-corrected chi connectivity index (χ0v) is 24.3. The number of hydrogen-bond donors (Lipinski definition) is 0. The number of carbonyl (C=O) groups is 2. The van der Waals surface area contributed by atoms with Crippen molar-refractivity contribution in [1.82, 2.24) is 14.7 Å². The lowest BCUT2D eigenvalue weighted by atomic mass is 9.78. The van der Waals surface area contributed by atoms with Crippen LogP contribution in [-0.4, -0.2) is 80.6 Å². The van der Waals surface area contributed by atoms with Crippen molar-refractivity contribution in [2.45, 2.75) is 31.8 Å². The third kappa shape index (κ3) is 5.61. The zero-order valence-electron chi connectivity index (χ0n) is 24.3. The van der Waals surface area contributed by atoms with E-state index in [0.29, 0.717) is 42.4 Å². The maximum absolute atomic E-state index is 14.5. The van der Waals surface area contributed by atoms with Crippen LogP contribution in [0.3, 0.4) is 0 Å². The van der Waals surface area contributed by atoms with Crippen molar-refractivity contribution < 1.29 is 23.8 Å². The minimum absolute atomic E-state index is 0.0316. The van der Waals surface area contributed by atoms with Crippen LogP contribution in [-0.2, 0) is 11.3 Å². The topological polar surface area (TPSA) is 71.6 Å². The number of fused-ring (bicyclic) bond motifs is 1. The molecule has 3 aromatic carbocycles. The van der Waals surface area contributed by atoms with Gasteiger partial charge in [-0.2, -0.15) is 0 Å². The summed E-state index contributed by atoms with van der Waals surface area (Å²) < 4.78 is 16.9. The van der Waals surface area contributed by atoms with Crippen molar-refractivity contribution in [1.29, 1.82) is 0 Å². The molecule has 0 spiro atoms. The van der Waals surface area contributed by atoms with E-state index in [2.05, 4.69) is 29.2 Å². The molecule has 0 bridgehead atoms. The highest BCUT2D eigenvalue weighted by Crippen LogP contribution is 2.48. The van der Waals surface area contributed by atoms with Gasteiger partial charge in [-0.1, -0.05) is 55.5 Å². The number of benzene rings is 3. The number of amides is 2. The second kappa shape index (κ2) is 12.6. The van der Waals surface area contributed by atoms with Crippen LogP contribution in [0.5, 0.6) is 17.2 Å². The molecule has 2 aliphatic rings. The molecule has 0 radical (unpaired) electrons. The van der Waals surface area contributed by atoms with Crippen LogP contribution in [0.1, 0.15) is 52.4 Å². The Morgan fingerprint density at radius 1 is 0.854 bits per heavy atom. The van der Waals surface area contributed by atoms with Crippen molar-refractivity contribution in [3.63, 3.8) is 0 Å². The fourth-order valence-electron chi connectivity index (χ4n) is 6.15. The van der Waals surface area contributed by atoms with Crippen molar-refractivity contribution in [2.24, 2.45) is 0 Å². The number of hydrogen-bond acceptors (Lipinski definition) is 6. The summed E-state index contributed by atoms with van der Waals surface area (Å²) in [6.07, 6.45) is 0.758. The minimum Gasteiger partial charge on any atom is -0.493 e. The molecular formula is C33H39N3O5. The van der Waals surface area contributed by atoms with Gasteiger partial charge in [0.15, 0.2) is 11.5 Å². The number of piperazine rings is 1. The van der Waals surface area contributed by atoms with E-state index in [-0.39, 0.29) is 11.8 Å². The Morgan fingerprint density at radius 3 is 2.10 bits per heavy atom. The van der Waals surface area contributed by atoms with Gasteiger partial charge in [-0.25, -0.2) is 0 Å². The van der Waals surface area contributed by atoms with Crippen LogP contribution in [0.15, 0.2) is 66.7 Å². The molecule has 2 atom stereocenters. The maximum atomic E-state index is 14.5. The molecule has 0 N–H and O–H groups in total. The number of nitrogens with zero attached hydrogens (tertiary/aromatic N) is 3. The molecule has 1 fully saturated rings. The molecular weight excluding hydrogens is 518 g/mol. The van der Waals surface area contributed by atoms with Crippen molar-refractivity contribution in [3.8, 4) is 17.2 Å². The smallest absolute Gasteiger partial charge is 0.254 e. The standard InChI is InChI=1S/C33H39N3O5/c1-5-15-36-30(24-20-27(39-2)31(41-4)28(21-24)40-3)29(25-13-9-10-14-26(25)32(36)37)33(38)35-18-16-34(17-19-35)22-23-11-7-6-8-12-23/h6-14,20-21,29-30H,5,15-19,22H2,1-4H3. The second-order valence-electron chi connectivity index (χ2n) is 10.6. The van der Waals surface area contributed by atoms with Gasteiger partial charge in [-0.05, 0) is 41.3 Å². The Bertz CT molecular complexity index is 1350. The van der Waals surface area contributed by atoms with E-state index in [1.54, 1.807) is 21.3 Å². The molecule has 8 nitrogen and oxygen atoms in total. The largest absolute Gasteiger partial charge is 0.493 e. The third-order valence-electron chi connectivity index (χ3n) is 8.13. The molecule has 0 saturated carbocycles. The van der Waals surface area contributed by atoms with Gasteiger partial charge in [0.25, 0.3) is 5.91 Å². The summed E-state index contributed by atoms with van der Waals surface area (Å²) in [5, 5.41) is 0. The third-order valence-corrected chi connectivity index (χ3v) is 8.13. The zero-order chi connectivity index (χ0) is 28.9. The molecule has 1 saturated heterocycles. The molecule has 2 unspecified atom stereocenters. The Kier molecular flexibility index (Phi) is 8.78. The molecule has 2 aliphatic heterocycles. The van der Waals surface area contributed by atoms with E-state index in [9.17, 15) is 9.59 Å². The summed E-state index contributed by atoms with van der Waals surface area (Å²) in [6, 6.07) is 21.2. The second-order valence-corrected chi connectivity index (χ2v) is 10.6. The van der Waals surface area contributed by atoms with Gasteiger partial charge in [0.2, 0.25) is 11.7 Å². The predicted octanol–water partition coefficient (Wildman–Crippen LogP) is 4.75. The van der Waals surface area contributed by atoms with Gasteiger partial charge in [0.05, 0.1) is 33.3 Å². The van der Waals surface area contributed by atoms with Gasteiger partial charge >= 0.3 is 0 Å². The minimum atomic E-state index is -0.570. The summed E-state index contributed by atoms with van der Waals surface area (Å²) in [5.41, 5.74) is 3.40. The molecule has 2 amide bonds. The number of carbonyl (C=O) groups excluding carboxylic acids is 2. The van der Waals surface area contributed by atoms with Crippen molar-refractivity contribution in [2.75, 3.05) is 54.1 Å². The number of methoxy groups -OCH3 is 3. The number of rotatable bonds is 9. The van der Waals surface area contributed by atoms with E-state index in [0.717, 1.165) is 37.2 Å². The first-order chi connectivity index (χ1) is 20.0. The Labute approximate surface area is 242 Å². The van der Waals surface area contributed by atoms with Crippen LogP contribution in [0, 0.1) is 0 Å². The van der Waals surface area contributed by atoms with Crippen LogP contribution < -0.4 is 14.2 Å². The van der Waals surface area contributed by atoms with E-state index in [1.807, 2.05) is 59.2 Å². The predicted molar refractivity (Wildman–Crippen MR) is 158 cm³/mol. The van der Waals surface area contributed by atoms with Gasteiger partial charge in [-0.15, -0.1) is 0 Å². The van der Waals surface area contributed by atoms with Gasteiger partial charge in [-0.3, -0.25) is 14.5 Å². The SMILES string of the molecule is CCCN1C(=O)c2ccccc2C(C(=O)N2CCN(Cc3ccccc3)CC2)C1c1cc(OC)c(OC)c(OC)c1. The first-order valence-electron chi connectivity index (χ1n) is 14.3. The van der Waals surface area contributed by atoms with Gasteiger partial charge in [0, 0.05) is 44.8 Å². The maximum Gasteiger partial charge on any atom is 0.254 e. The molecule has 0 aromatic heterocycles. The molecule has 3 aromatic rings. The summed E-state index contributed by atoms with van der Waals surface area (Å²) >= 11 is 0. The Hall–Kier alpha value is -4.04. The summed E-state index contributed by atoms with van der Waals surface area (Å²) in [4.78, 5) is 34.6. The first kappa shape index (κ1) is 28.5. The lowest BCUT2D eigenvalue weighted by Gasteiger charge is -2.44. The van der Waals surface area contributed by atoms with Gasteiger partial charge in [0.1, 0.15) is 0 Å². The molecule has 216 valence electrons. The molecule has 0 aliphatic carbocycles. The first-order valence-corrected chi connectivity index (χ1v) is 14.3. The summed E-state index contributed by atoms with van der Waals surface area (Å²) in [5.74, 6) is 0.845. The van der Waals surface area contributed by atoms with Crippen LogP contribution in [0.25, 0.3) is 0 Å². The lowest BCUT2D eigenvalue weighted by Crippen LogP contribution is -2.53. The highest BCUT2D eigenvalue weighted by Gasteiger charge is 2.46. The quantitative estimate of drug-likeness (QED) is 0.378. The van der Waals surface area contributed by atoms with E-state index in [1.165, 1.54) is 5.56 Å². The Morgan fingerprint density at radius 2 is 1.49 bits per heavy atom. The molecule has 5 rings (SSSR count). The van der Waals surface area contributed by atoms with Gasteiger partial charge < -0.3 is 24.0 Å². The van der Waals surface area contributed by atoms with Crippen molar-refractivity contribution >= 4 is 11.8 Å². The normalized spacial score (nSPS) is 19.1. The average Bonchev–Trinajstić information content (AvgIpc) is 3.02. The lowest BCUT2D eigenvalue weighted by molar-refractivity contribution is -0.136. The van der Waals surface area contributed by atoms with E-state index >= 15 is 0 Å². The monoisotopic (exact) mass is 557 g/mol. The molecule has 2 heterocycles. The summed E-state index contributed by atoms with van der Waals surface area (Å²) in [6.45, 7) is 6.28. The van der Waals surface area contributed by atoms with Crippen LogP contribution >= 0.6 is 0 Å².